The smallest absolute Gasteiger partial charge is 0.261 e. The third kappa shape index (κ3) is 2.31. The first-order chi connectivity index (χ1) is 8.09. The van der Waals surface area contributed by atoms with Crippen LogP contribution in [0.25, 0.3) is 10.9 Å². The Balaban J connectivity index is 2.54. The van der Waals surface area contributed by atoms with E-state index >= 15 is 0 Å². The third-order valence-corrected chi connectivity index (χ3v) is 3.26. The number of aliphatic carboxylic acids is 1. The van der Waals surface area contributed by atoms with Crippen LogP contribution < -0.4 is 10.7 Å². The quantitative estimate of drug-likeness (QED) is 0.555. The molecular weight excluding hydrogens is 240 g/mol. The highest BCUT2D eigenvalue weighted by Gasteiger charge is 2.07. The summed E-state index contributed by atoms with van der Waals surface area (Å²) in [6, 6.07) is 6.96. The van der Waals surface area contributed by atoms with Gasteiger partial charge in [-0.15, -0.1) is 0 Å². The Morgan fingerprint density at radius 3 is 2.88 bits per heavy atom. The monoisotopic (exact) mass is 249 g/mol. The predicted molar refractivity (Wildman–Crippen MR) is 62.7 cm³/mol. The van der Waals surface area contributed by atoms with E-state index in [4.69, 9.17) is 0 Å². The molecular formula is C11H9N2O3S-. The molecule has 0 aliphatic rings. The minimum absolute atomic E-state index is 0.184. The van der Waals surface area contributed by atoms with Gasteiger partial charge in [-0.3, -0.25) is 9.36 Å². The molecule has 0 aliphatic heterocycles. The first kappa shape index (κ1) is 11.7. The highest BCUT2D eigenvalue weighted by Crippen LogP contribution is 2.15. The lowest BCUT2D eigenvalue weighted by Gasteiger charge is -2.08. The first-order valence-electron chi connectivity index (χ1n) is 4.88. The number of carboxylic acids is 1. The van der Waals surface area contributed by atoms with E-state index in [0.717, 1.165) is 11.8 Å². The highest BCUT2D eigenvalue weighted by molar-refractivity contribution is 7.99. The van der Waals surface area contributed by atoms with Crippen molar-refractivity contribution in [3.8, 4) is 0 Å². The molecule has 0 aliphatic carbocycles. The summed E-state index contributed by atoms with van der Waals surface area (Å²) < 4.78 is 1.34. The van der Waals surface area contributed by atoms with Crippen LogP contribution in [0.4, 0.5) is 0 Å². The summed E-state index contributed by atoms with van der Waals surface area (Å²) in [5.41, 5.74) is 0.382. The van der Waals surface area contributed by atoms with Gasteiger partial charge in [0, 0.05) is 12.8 Å². The third-order valence-electron chi connectivity index (χ3n) is 2.26. The van der Waals surface area contributed by atoms with Crippen molar-refractivity contribution in [3.63, 3.8) is 0 Å². The Hall–Kier alpha value is -1.82. The van der Waals surface area contributed by atoms with E-state index in [0.29, 0.717) is 16.1 Å². The van der Waals surface area contributed by atoms with Gasteiger partial charge in [0.05, 0.1) is 16.9 Å². The van der Waals surface area contributed by atoms with Crippen molar-refractivity contribution < 1.29 is 9.90 Å². The second kappa shape index (κ2) is 4.58. The van der Waals surface area contributed by atoms with Crippen LogP contribution in [0.3, 0.4) is 0 Å². The highest BCUT2D eigenvalue weighted by atomic mass is 32.2. The fourth-order valence-electron chi connectivity index (χ4n) is 1.45. The molecule has 1 heterocycles. The lowest BCUT2D eigenvalue weighted by atomic mass is 10.2. The molecule has 0 radical (unpaired) electrons. The zero-order chi connectivity index (χ0) is 12.4. The van der Waals surface area contributed by atoms with Crippen molar-refractivity contribution in [2.24, 2.45) is 7.05 Å². The van der Waals surface area contributed by atoms with E-state index in [1.165, 1.54) is 4.57 Å². The Morgan fingerprint density at radius 2 is 2.18 bits per heavy atom. The zero-order valence-electron chi connectivity index (χ0n) is 9.04. The molecule has 0 N–H and O–H groups in total. The number of nitrogens with zero attached hydrogens (tertiary/aromatic N) is 2. The number of fused-ring (bicyclic) bond motifs is 1. The van der Waals surface area contributed by atoms with Crippen molar-refractivity contribution >= 4 is 28.6 Å². The van der Waals surface area contributed by atoms with Gasteiger partial charge in [-0.05, 0) is 12.1 Å². The van der Waals surface area contributed by atoms with Gasteiger partial charge in [0.1, 0.15) is 0 Å². The van der Waals surface area contributed by atoms with Gasteiger partial charge in [0.2, 0.25) is 0 Å². The summed E-state index contributed by atoms with van der Waals surface area (Å²) in [5.74, 6) is -1.41. The molecule has 0 amide bonds. The normalized spacial score (nSPS) is 10.6. The van der Waals surface area contributed by atoms with E-state index in [-0.39, 0.29) is 11.3 Å². The van der Waals surface area contributed by atoms with Gasteiger partial charge in [-0.1, -0.05) is 23.9 Å². The second-order valence-electron chi connectivity index (χ2n) is 3.44. The molecule has 2 aromatic rings. The molecule has 88 valence electrons. The summed E-state index contributed by atoms with van der Waals surface area (Å²) in [4.78, 5) is 26.6. The number of benzene rings is 1. The van der Waals surface area contributed by atoms with Gasteiger partial charge in [-0.2, -0.15) is 0 Å². The van der Waals surface area contributed by atoms with Crippen LogP contribution in [-0.2, 0) is 11.8 Å². The van der Waals surface area contributed by atoms with Gasteiger partial charge < -0.3 is 9.90 Å². The summed E-state index contributed by atoms with van der Waals surface area (Å²) in [7, 11) is 1.57. The van der Waals surface area contributed by atoms with Crippen LogP contribution in [0.2, 0.25) is 0 Å². The molecule has 0 atom stereocenters. The van der Waals surface area contributed by atoms with Gasteiger partial charge in [0.15, 0.2) is 5.16 Å². The second-order valence-corrected chi connectivity index (χ2v) is 4.38. The number of thioether (sulfide) groups is 1. The SMILES string of the molecule is Cn1c(SCC(=O)[O-])nc2ccccc2c1=O. The predicted octanol–water partition coefficient (Wildman–Crippen LogP) is -0.225. The summed E-state index contributed by atoms with van der Waals surface area (Å²) in [6.45, 7) is 0. The standard InChI is InChI=1S/C11H10N2O3S/c1-13-10(16)7-4-2-3-5-8(7)12-11(13)17-6-9(14)15/h2-5H,6H2,1H3,(H,14,15)/p-1. The van der Waals surface area contributed by atoms with Gasteiger partial charge >= 0.3 is 0 Å². The lowest BCUT2D eigenvalue weighted by Crippen LogP contribution is -2.26. The molecule has 1 aromatic heterocycles. The fraction of sp³-hybridized carbons (Fsp3) is 0.182. The lowest BCUT2D eigenvalue weighted by molar-refractivity contribution is -0.301. The summed E-state index contributed by atoms with van der Waals surface area (Å²) in [6.07, 6.45) is 0. The van der Waals surface area contributed by atoms with Gasteiger partial charge in [-0.25, -0.2) is 4.98 Å². The number of carbonyl (C=O) groups is 1. The summed E-state index contributed by atoms with van der Waals surface area (Å²) in [5, 5.41) is 11.3. The average Bonchev–Trinajstić information content (AvgIpc) is 2.32. The van der Waals surface area contributed by atoms with Crippen LogP contribution in [0.1, 0.15) is 0 Å². The molecule has 0 bridgehead atoms. The Kier molecular flexibility index (Phi) is 3.14. The summed E-state index contributed by atoms with van der Waals surface area (Å²) >= 11 is 0.974. The Morgan fingerprint density at radius 1 is 1.47 bits per heavy atom. The maximum absolute atomic E-state index is 11.9. The van der Waals surface area contributed by atoms with E-state index in [1.807, 2.05) is 0 Å². The van der Waals surface area contributed by atoms with E-state index in [2.05, 4.69) is 4.98 Å². The number of carboxylic acid groups (broad SMARTS) is 1. The molecule has 0 spiro atoms. The van der Waals surface area contributed by atoms with Crippen molar-refractivity contribution in [1.82, 2.24) is 9.55 Å². The minimum Gasteiger partial charge on any atom is -0.549 e. The Labute approximate surface area is 101 Å². The Bertz CT molecular complexity index is 636. The van der Waals surface area contributed by atoms with Crippen LogP contribution in [0.5, 0.6) is 0 Å². The van der Waals surface area contributed by atoms with E-state index in [1.54, 1.807) is 31.3 Å². The number of hydrogen-bond donors (Lipinski definition) is 0. The molecule has 0 saturated carbocycles. The topological polar surface area (TPSA) is 75.0 Å². The van der Waals surface area contributed by atoms with Crippen molar-refractivity contribution in [2.75, 3.05) is 5.75 Å². The van der Waals surface area contributed by atoms with Crippen molar-refractivity contribution in [3.05, 3.63) is 34.6 Å². The maximum atomic E-state index is 11.9. The maximum Gasteiger partial charge on any atom is 0.261 e. The van der Waals surface area contributed by atoms with Gasteiger partial charge in [0.25, 0.3) is 5.56 Å². The molecule has 6 heteroatoms. The number of rotatable bonds is 3. The molecule has 17 heavy (non-hydrogen) atoms. The molecule has 5 nitrogen and oxygen atoms in total. The van der Waals surface area contributed by atoms with Crippen LogP contribution in [0, 0.1) is 0 Å². The molecule has 0 saturated heterocycles. The van der Waals surface area contributed by atoms with Crippen molar-refractivity contribution in [1.29, 1.82) is 0 Å². The van der Waals surface area contributed by atoms with Crippen molar-refractivity contribution in [2.45, 2.75) is 5.16 Å². The number of carbonyl (C=O) groups excluding carboxylic acids is 1. The number of hydrogen-bond acceptors (Lipinski definition) is 5. The molecule has 0 fully saturated rings. The van der Waals surface area contributed by atoms with E-state index < -0.39 is 5.97 Å². The fourth-order valence-corrected chi connectivity index (χ4v) is 2.14. The average molecular weight is 249 g/mol. The largest absolute Gasteiger partial charge is 0.549 e. The van der Waals surface area contributed by atoms with Crippen LogP contribution in [0.15, 0.2) is 34.2 Å². The molecule has 0 unspecified atom stereocenters. The molecule has 1 aromatic carbocycles. The minimum atomic E-state index is -1.18. The van der Waals surface area contributed by atoms with Crippen LogP contribution >= 0.6 is 11.8 Å². The zero-order valence-corrected chi connectivity index (χ0v) is 9.86. The number of aromatic nitrogens is 2. The first-order valence-corrected chi connectivity index (χ1v) is 5.86. The number of para-hydroxylation sites is 1. The van der Waals surface area contributed by atoms with E-state index in [9.17, 15) is 14.7 Å². The molecule has 2 rings (SSSR count). The van der Waals surface area contributed by atoms with Crippen LogP contribution in [-0.4, -0.2) is 21.3 Å².